The number of ether oxygens (including phenoxy) is 1. The van der Waals surface area contributed by atoms with Gasteiger partial charge in [0.2, 0.25) is 0 Å². The van der Waals surface area contributed by atoms with Crippen molar-refractivity contribution in [3.8, 4) is 0 Å². The van der Waals surface area contributed by atoms with Crippen molar-refractivity contribution in [3.05, 3.63) is 44.0 Å². The van der Waals surface area contributed by atoms with Crippen molar-refractivity contribution in [3.63, 3.8) is 0 Å². The van der Waals surface area contributed by atoms with E-state index in [2.05, 4.69) is 4.99 Å². The van der Waals surface area contributed by atoms with Gasteiger partial charge in [-0.2, -0.15) is 0 Å². The fourth-order valence-electron chi connectivity index (χ4n) is 1.90. The molecule has 1 aliphatic rings. The molecule has 0 unspecified atom stereocenters. The van der Waals surface area contributed by atoms with Gasteiger partial charge in [-0.3, -0.25) is 20.2 Å². The van der Waals surface area contributed by atoms with Crippen LogP contribution in [0.5, 0.6) is 0 Å². The number of hydrogen-bond acceptors (Lipinski definition) is 6. The second kappa shape index (κ2) is 4.87. The molecule has 0 N–H and O–H groups in total. The standard InChI is InChI=1S/C12H13N3O5/c1-12(2)7-20-11(13-12)5-8-3-4-9(14(16)17)6-10(8)15(18)19/h3-4,6H,5,7H2,1-2H3. The molecule has 1 aromatic rings. The molecule has 0 amide bonds. The van der Waals surface area contributed by atoms with Crippen LogP contribution < -0.4 is 0 Å². The van der Waals surface area contributed by atoms with Crippen LogP contribution in [0.2, 0.25) is 0 Å². The minimum Gasteiger partial charge on any atom is -0.478 e. The largest absolute Gasteiger partial charge is 0.478 e. The predicted octanol–water partition coefficient (Wildman–Crippen LogP) is 2.25. The van der Waals surface area contributed by atoms with Crippen LogP contribution in [0.25, 0.3) is 0 Å². The molecule has 0 fully saturated rings. The van der Waals surface area contributed by atoms with Crippen LogP contribution in [-0.2, 0) is 11.2 Å². The second-order valence-electron chi connectivity index (χ2n) is 5.11. The first-order chi connectivity index (χ1) is 9.28. The highest BCUT2D eigenvalue weighted by Crippen LogP contribution is 2.27. The van der Waals surface area contributed by atoms with Crippen molar-refractivity contribution in [1.82, 2.24) is 0 Å². The van der Waals surface area contributed by atoms with Gasteiger partial charge in [0.25, 0.3) is 11.4 Å². The molecule has 0 spiro atoms. The quantitative estimate of drug-likeness (QED) is 0.620. The molecular formula is C12H13N3O5. The maximum absolute atomic E-state index is 11.0. The van der Waals surface area contributed by atoms with Crippen molar-refractivity contribution in [2.45, 2.75) is 25.8 Å². The van der Waals surface area contributed by atoms with Crippen LogP contribution in [0, 0.1) is 20.2 Å². The summed E-state index contributed by atoms with van der Waals surface area (Å²) < 4.78 is 5.38. The summed E-state index contributed by atoms with van der Waals surface area (Å²) in [6.07, 6.45) is 0.151. The van der Waals surface area contributed by atoms with E-state index in [-0.39, 0.29) is 23.3 Å². The lowest BCUT2D eigenvalue weighted by Gasteiger charge is -2.07. The zero-order chi connectivity index (χ0) is 14.9. The van der Waals surface area contributed by atoms with Crippen LogP contribution in [0.1, 0.15) is 19.4 Å². The molecule has 0 saturated heterocycles. The Morgan fingerprint density at radius 2 is 2.00 bits per heavy atom. The Kier molecular flexibility index (Phi) is 3.39. The van der Waals surface area contributed by atoms with E-state index in [0.29, 0.717) is 18.1 Å². The number of non-ortho nitro benzene ring substituents is 1. The monoisotopic (exact) mass is 279 g/mol. The maximum atomic E-state index is 11.0. The van der Waals surface area contributed by atoms with E-state index >= 15 is 0 Å². The summed E-state index contributed by atoms with van der Waals surface area (Å²) in [7, 11) is 0. The molecule has 1 aromatic carbocycles. The lowest BCUT2D eigenvalue weighted by molar-refractivity contribution is -0.394. The third kappa shape index (κ3) is 2.90. The molecule has 0 atom stereocenters. The SMILES string of the molecule is CC1(C)COC(Cc2ccc([N+](=O)[O-])cc2[N+](=O)[O-])=N1. The minimum atomic E-state index is -0.663. The Hall–Kier alpha value is -2.51. The molecule has 1 heterocycles. The third-order valence-corrected chi connectivity index (χ3v) is 2.84. The third-order valence-electron chi connectivity index (χ3n) is 2.84. The van der Waals surface area contributed by atoms with Crippen LogP contribution in [-0.4, -0.2) is 27.9 Å². The highest BCUT2D eigenvalue weighted by molar-refractivity contribution is 5.81. The lowest BCUT2D eigenvalue weighted by Crippen LogP contribution is -2.17. The van der Waals surface area contributed by atoms with Gasteiger partial charge < -0.3 is 4.74 Å². The maximum Gasteiger partial charge on any atom is 0.279 e. The molecule has 0 bridgehead atoms. The zero-order valence-electron chi connectivity index (χ0n) is 11.0. The van der Waals surface area contributed by atoms with Gasteiger partial charge >= 0.3 is 0 Å². The summed E-state index contributed by atoms with van der Waals surface area (Å²) in [6, 6.07) is 3.56. The Morgan fingerprint density at radius 1 is 1.30 bits per heavy atom. The van der Waals surface area contributed by atoms with Crippen molar-refractivity contribution >= 4 is 17.3 Å². The van der Waals surface area contributed by atoms with Gasteiger partial charge in [0.05, 0.1) is 27.9 Å². The van der Waals surface area contributed by atoms with Crippen molar-refractivity contribution in [2.75, 3.05) is 6.61 Å². The van der Waals surface area contributed by atoms with Crippen LogP contribution in [0.15, 0.2) is 23.2 Å². The molecule has 106 valence electrons. The summed E-state index contributed by atoms with van der Waals surface area (Å²) in [6.45, 7) is 4.21. The zero-order valence-corrected chi connectivity index (χ0v) is 11.0. The fraction of sp³-hybridized carbons (Fsp3) is 0.417. The van der Waals surface area contributed by atoms with Crippen molar-refractivity contribution in [2.24, 2.45) is 4.99 Å². The van der Waals surface area contributed by atoms with Crippen LogP contribution in [0.4, 0.5) is 11.4 Å². The number of hydrogen-bond donors (Lipinski definition) is 0. The summed E-state index contributed by atoms with van der Waals surface area (Å²) in [5.41, 5.74) is -0.604. The smallest absolute Gasteiger partial charge is 0.279 e. The van der Waals surface area contributed by atoms with Crippen LogP contribution >= 0.6 is 0 Å². The molecule has 0 radical (unpaired) electrons. The van der Waals surface area contributed by atoms with Crippen molar-refractivity contribution in [1.29, 1.82) is 0 Å². The first-order valence-electron chi connectivity index (χ1n) is 5.92. The fourth-order valence-corrected chi connectivity index (χ4v) is 1.90. The summed E-state index contributed by atoms with van der Waals surface area (Å²) in [4.78, 5) is 24.7. The van der Waals surface area contributed by atoms with E-state index < -0.39 is 9.85 Å². The normalized spacial score (nSPS) is 16.4. The highest BCUT2D eigenvalue weighted by atomic mass is 16.6. The average Bonchev–Trinajstić information content (AvgIpc) is 2.68. The Balaban J connectivity index is 2.33. The number of nitro groups is 2. The molecule has 1 aliphatic heterocycles. The molecule has 20 heavy (non-hydrogen) atoms. The van der Waals surface area contributed by atoms with E-state index in [0.717, 1.165) is 6.07 Å². The van der Waals surface area contributed by atoms with E-state index in [4.69, 9.17) is 4.74 Å². The Labute approximate surface area is 114 Å². The molecule has 0 aliphatic carbocycles. The van der Waals surface area contributed by atoms with Gasteiger partial charge in [0.1, 0.15) is 6.61 Å². The molecule has 2 rings (SSSR count). The average molecular weight is 279 g/mol. The van der Waals surface area contributed by atoms with Gasteiger partial charge in [-0.15, -0.1) is 0 Å². The summed E-state index contributed by atoms with van der Waals surface area (Å²) in [5, 5.41) is 21.7. The van der Waals surface area contributed by atoms with E-state index in [1.807, 2.05) is 13.8 Å². The summed E-state index contributed by atoms with van der Waals surface area (Å²) >= 11 is 0. The molecule has 8 heteroatoms. The van der Waals surface area contributed by atoms with Gasteiger partial charge in [0.15, 0.2) is 5.90 Å². The van der Waals surface area contributed by atoms with Gasteiger partial charge in [0, 0.05) is 11.6 Å². The second-order valence-corrected chi connectivity index (χ2v) is 5.11. The molecular weight excluding hydrogens is 266 g/mol. The Morgan fingerprint density at radius 3 is 2.50 bits per heavy atom. The van der Waals surface area contributed by atoms with E-state index in [9.17, 15) is 20.2 Å². The summed E-state index contributed by atoms with van der Waals surface area (Å²) in [5.74, 6) is 0.409. The topological polar surface area (TPSA) is 108 Å². The predicted molar refractivity (Wildman–Crippen MR) is 70.9 cm³/mol. The minimum absolute atomic E-state index is 0.151. The van der Waals surface area contributed by atoms with Crippen LogP contribution in [0.3, 0.4) is 0 Å². The van der Waals surface area contributed by atoms with Crippen molar-refractivity contribution < 1.29 is 14.6 Å². The molecule has 0 aromatic heterocycles. The molecule has 0 saturated carbocycles. The van der Waals surface area contributed by atoms with E-state index in [1.165, 1.54) is 12.1 Å². The lowest BCUT2D eigenvalue weighted by atomic mass is 10.1. The first kappa shape index (κ1) is 13.9. The number of rotatable bonds is 4. The van der Waals surface area contributed by atoms with E-state index in [1.54, 1.807) is 0 Å². The number of nitrogens with zero attached hydrogens (tertiary/aromatic N) is 3. The first-order valence-corrected chi connectivity index (χ1v) is 5.92. The number of aliphatic imine (C=N–C) groups is 1. The van der Waals surface area contributed by atoms with Gasteiger partial charge in [-0.05, 0) is 19.9 Å². The highest BCUT2D eigenvalue weighted by Gasteiger charge is 2.28. The number of benzene rings is 1. The van der Waals surface area contributed by atoms with Gasteiger partial charge in [-0.25, -0.2) is 4.99 Å². The Bertz CT molecular complexity index is 609. The molecule has 8 nitrogen and oxygen atoms in total. The van der Waals surface area contributed by atoms with Gasteiger partial charge in [-0.1, -0.05) is 0 Å². The number of nitro benzene ring substituents is 2.